The van der Waals surface area contributed by atoms with Crippen molar-refractivity contribution in [3.8, 4) is 0 Å². The van der Waals surface area contributed by atoms with Gasteiger partial charge in [-0.15, -0.1) is 0 Å². The van der Waals surface area contributed by atoms with Gasteiger partial charge in [-0.3, -0.25) is 4.79 Å². The largest absolute Gasteiger partial charge is 0.378 e. The van der Waals surface area contributed by atoms with Crippen molar-refractivity contribution in [3.05, 3.63) is 0 Å². The van der Waals surface area contributed by atoms with Crippen LogP contribution in [0, 0.1) is 5.92 Å². The van der Waals surface area contributed by atoms with E-state index < -0.39 is 0 Å². The third-order valence-corrected chi connectivity index (χ3v) is 3.89. The smallest absolute Gasteiger partial charge is 0.220 e. The second kappa shape index (κ2) is 7.74. The molecule has 1 aliphatic carbocycles. The predicted molar refractivity (Wildman–Crippen MR) is 71.4 cm³/mol. The fourth-order valence-corrected chi connectivity index (χ4v) is 2.61. The first-order chi connectivity index (χ1) is 8.84. The first-order valence-electron chi connectivity index (χ1n) is 7.43. The predicted octanol–water partition coefficient (Wildman–Crippen LogP) is 1.45. The van der Waals surface area contributed by atoms with E-state index >= 15 is 0 Å². The Morgan fingerprint density at radius 2 is 2.00 bits per heavy atom. The van der Waals surface area contributed by atoms with E-state index in [-0.39, 0.29) is 5.91 Å². The topological polar surface area (TPSA) is 50.4 Å². The molecule has 0 bridgehead atoms. The summed E-state index contributed by atoms with van der Waals surface area (Å²) in [6.07, 6.45) is 8.54. The van der Waals surface area contributed by atoms with E-state index in [2.05, 4.69) is 10.6 Å². The monoisotopic (exact) mass is 254 g/mol. The zero-order chi connectivity index (χ0) is 12.6. The summed E-state index contributed by atoms with van der Waals surface area (Å²) < 4.78 is 5.82. The molecule has 0 aromatic rings. The number of rotatable bonds is 7. The maximum atomic E-state index is 11.5. The van der Waals surface area contributed by atoms with Gasteiger partial charge in [0.05, 0.1) is 6.10 Å². The van der Waals surface area contributed by atoms with Crippen LogP contribution < -0.4 is 10.6 Å². The van der Waals surface area contributed by atoms with Gasteiger partial charge in [0.1, 0.15) is 0 Å². The highest BCUT2D eigenvalue weighted by atomic mass is 16.5. The van der Waals surface area contributed by atoms with Crippen LogP contribution in [0.4, 0.5) is 0 Å². The molecule has 2 fully saturated rings. The molecule has 1 saturated carbocycles. The summed E-state index contributed by atoms with van der Waals surface area (Å²) in [6, 6.07) is 0. The zero-order valence-electron chi connectivity index (χ0n) is 11.2. The van der Waals surface area contributed by atoms with Gasteiger partial charge in [0.15, 0.2) is 0 Å². The van der Waals surface area contributed by atoms with Crippen molar-refractivity contribution in [3.63, 3.8) is 0 Å². The molecule has 1 saturated heterocycles. The summed E-state index contributed by atoms with van der Waals surface area (Å²) in [7, 11) is 0. The van der Waals surface area contributed by atoms with Gasteiger partial charge in [0, 0.05) is 19.6 Å². The molecule has 4 nitrogen and oxygen atoms in total. The molecule has 104 valence electrons. The fourth-order valence-electron chi connectivity index (χ4n) is 2.61. The SMILES string of the molecule is O=C(CC1CNC1)NCCCOC1CCCCC1. The number of carbonyl (C=O) groups excluding carboxylic acids is 1. The van der Waals surface area contributed by atoms with Crippen molar-refractivity contribution < 1.29 is 9.53 Å². The maximum Gasteiger partial charge on any atom is 0.220 e. The minimum atomic E-state index is 0.194. The second-order valence-corrected chi connectivity index (χ2v) is 5.56. The van der Waals surface area contributed by atoms with Crippen LogP contribution >= 0.6 is 0 Å². The van der Waals surface area contributed by atoms with Crippen LogP contribution in [0.25, 0.3) is 0 Å². The first kappa shape index (κ1) is 13.8. The average molecular weight is 254 g/mol. The molecule has 1 aliphatic heterocycles. The molecule has 2 aliphatic rings. The molecule has 2 N–H and O–H groups in total. The first-order valence-corrected chi connectivity index (χ1v) is 7.43. The Balaban J connectivity index is 1.41. The number of hydrogen-bond donors (Lipinski definition) is 2. The number of carbonyl (C=O) groups is 1. The fraction of sp³-hybridized carbons (Fsp3) is 0.929. The van der Waals surface area contributed by atoms with Crippen LogP contribution in [-0.2, 0) is 9.53 Å². The molecule has 2 rings (SSSR count). The number of amides is 1. The minimum absolute atomic E-state index is 0.194. The molecule has 0 aromatic carbocycles. The van der Waals surface area contributed by atoms with E-state index in [1.54, 1.807) is 0 Å². The zero-order valence-corrected chi connectivity index (χ0v) is 11.2. The Kier molecular flexibility index (Phi) is 5.94. The Labute approximate surface area is 110 Å². The Morgan fingerprint density at radius 1 is 1.22 bits per heavy atom. The van der Waals surface area contributed by atoms with Gasteiger partial charge in [-0.1, -0.05) is 19.3 Å². The van der Waals surface area contributed by atoms with Crippen molar-refractivity contribution in [1.82, 2.24) is 10.6 Å². The molecule has 0 aromatic heterocycles. The van der Waals surface area contributed by atoms with E-state index in [1.807, 2.05) is 0 Å². The second-order valence-electron chi connectivity index (χ2n) is 5.56. The summed E-state index contributed by atoms with van der Waals surface area (Å²) >= 11 is 0. The Hall–Kier alpha value is -0.610. The highest BCUT2D eigenvalue weighted by molar-refractivity contribution is 5.76. The normalized spacial score (nSPS) is 21.6. The van der Waals surface area contributed by atoms with Gasteiger partial charge in [-0.2, -0.15) is 0 Å². The van der Waals surface area contributed by atoms with Gasteiger partial charge in [-0.25, -0.2) is 0 Å². The molecule has 0 atom stereocenters. The van der Waals surface area contributed by atoms with Crippen molar-refractivity contribution in [2.75, 3.05) is 26.2 Å². The van der Waals surface area contributed by atoms with Gasteiger partial charge in [0.25, 0.3) is 0 Å². The highest BCUT2D eigenvalue weighted by Gasteiger charge is 2.19. The lowest BCUT2D eigenvalue weighted by molar-refractivity contribution is -0.122. The number of nitrogens with one attached hydrogen (secondary N) is 2. The third-order valence-electron chi connectivity index (χ3n) is 3.89. The van der Waals surface area contributed by atoms with Gasteiger partial charge < -0.3 is 15.4 Å². The molecule has 0 unspecified atom stereocenters. The summed E-state index contributed by atoms with van der Waals surface area (Å²) in [4.78, 5) is 11.5. The molecule has 0 radical (unpaired) electrons. The van der Waals surface area contributed by atoms with Crippen LogP contribution in [0.1, 0.15) is 44.9 Å². The van der Waals surface area contributed by atoms with Crippen LogP contribution in [-0.4, -0.2) is 38.3 Å². The average Bonchev–Trinajstić information content (AvgIpc) is 2.35. The molecular weight excluding hydrogens is 228 g/mol. The Morgan fingerprint density at radius 3 is 2.67 bits per heavy atom. The quantitative estimate of drug-likeness (QED) is 0.676. The van der Waals surface area contributed by atoms with Crippen LogP contribution in [0.5, 0.6) is 0 Å². The third kappa shape index (κ3) is 4.94. The van der Waals surface area contributed by atoms with Gasteiger partial charge in [0.2, 0.25) is 5.91 Å². The molecular formula is C14H26N2O2. The minimum Gasteiger partial charge on any atom is -0.378 e. The summed E-state index contributed by atoms with van der Waals surface area (Å²) in [5.74, 6) is 0.752. The lowest BCUT2D eigenvalue weighted by atomic mass is 9.98. The van der Waals surface area contributed by atoms with Crippen molar-refractivity contribution in [1.29, 1.82) is 0 Å². The lowest BCUT2D eigenvalue weighted by Gasteiger charge is -2.26. The molecule has 0 spiro atoms. The maximum absolute atomic E-state index is 11.5. The molecule has 1 amide bonds. The standard InChI is InChI=1S/C14H26N2O2/c17-14(9-12-10-15-11-12)16-7-4-8-18-13-5-2-1-3-6-13/h12-13,15H,1-11H2,(H,16,17). The summed E-state index contributed by atoms with van der Waals surface area (Å²) in [5.41, 5.74) is 0. The van der Waals surface area contributed by atoms with E-state index in [0.717, 1.165) is 32.7 Å². The molecule has 1 heterocycles. The van der Waals surface area contributed by atoms with Crippen LogP contribution in [0.15, 0.2) is 0 Å². The van der Waals surface area contributed by atoms with E-state index in [9.17, 15) is 4.79 Å². The highest BCUT2D eigenvalue weighted by Crippen LogP contribution is 2.20. The summed E-state index contributed by atoms with van der Waals surface area (Å²) in [5, 5.41) is 6.15. The van der Waals surface area contributed by atoms with Crippen LogP contribution in [0.2, 0.25) is 0 Å². The van der Waals surface area contributed by atoms with Crippen molar-refractivity contribution in [2.24, 2.45) is 5.92 Å². The number of ether oxygens (including phenoxy) is 1. The van der Waals surface area contributed by atoms with Crippen molar-refractivity contribution in [2.45, 2.75) is 51.0 Å². The van der Waals surface area contributed by atoms with Crippen molar-refractivity contribution >= 4 is 5.91 Å². The molecule has 18 heavy (non-hydrogen) atoms. The van der Waals surface area contributed by atoms with Gasteiger partial charge >= 0.3 is 0 Å². The lowest BCUT2D eigenvalue weighted by Crippen LogP contribution is -2.44. The Bertz CT molecular complexity index is 248. The van der Waals surface area contributed by atoms with Crippen LogP contribution in [0.3, 0.4) is 0 Å². The van der Waals surface area contributed by atoms with E-state index in [4.69, 9.17) is 4.74 Å². The number of hydrogen-bond acceptors (Lipinski definition) is 3. The summed E-state index contributed by atoms with van der Waals surface area (Å²) in [6.45, 7) is 3.54. The molecule has 4 heteroatoms. The van der Waals surface area contributed by atoms with Gasteiger partial charge in [-0.05, 0) is 38.3 Å². The van der Waals surface area contributed by atoms with E-state index in [0.29, 0.717) is 18.4 Å². The van der Waals surface area contributed by atoms with E-state index in [1.165, 1.54) is 32.1 Å².